The molecule has 0 aliphatic carbocycles. The third kappa shape index (κ3) is 5.40. The molecule has 6 heteroatoms. The Labute approximate surface area is 120 Å². The summed E-state index contributed by atoms with van der Waals surface area (Å²) in [6.45, 7) is 1.50. The Morgan fingerprint density at radius 2 is 1.55 bits per heavy atom. The van der Waals surface area contributed by atoms with Gasteiger partial charge in [0.2, 0.25) is 0 Å². The minimum absolute atomic E-state index is 0.0462. The molecule has 0 saturated heterocycles. The molecule has 0 amide bonds. The highest BCUT2D eigenvalue weighted by Gasteiger charge is 2.23. The normalized spacial score (nSPS) is 11.4. The lowest BCUT2D eigenvalue weighted by Gasteiger charge is -2.25. The summed E-state index contributed by atoms with van der Waals surface area (Å²) in [5, 5.41) is 28.4. The third-order valence-electron chi connectivity index (χ3n) is 2.92. The molecule has 1 aromatic rings. The van der Waals surface area contributed by atoms with E-state index < -0.39 is 6.75 Å². The first-order valence-corrected chi connectivity index (χ1v) is 7.20. The van der Waals surface area contributed by atoms with Crippen LogP contribution < -0.4 is 14.9 Å². The van der Waals surface area contributed by atoms with Crippen LogP contribution in [0.5, 0.6) is 11.5 Å². The van der Waals surface area contributed by atoms with Gasteiger partial charge in [-0.05, 0) is 31.0 Å². The van der Waals surface area contributed by atoms with Crippen LogP contribution in [0.1, 0.15) is 39.5 Å². The lowest BCUT2D eigenvalue weighted by atomic mass is 9.70. The summed E-state index contributed by atoms with van der Waals surface area (Å²) in [6.07, 6.45) is 3.76. The van der Waals surface area contributed by atoms with Gasteiger partial charge in [0.1, 0.15) is 5.75 Å². The maximum absolute atomic E-state index is 9.46. The molecule has 0 radical (unpaired) electrons. The molecule has 0 unspecified atom stereocenters. The maximum atomic E-state index is 9.46. The Bertz CT molecular complexity index is 403. The van der Waals surface area contributed by atoms with Crippen molar-refractivity contribution in [1.29, 1.82) is 0 Å². The molecule has 0 aliphatic rings. The molecule has 0 heterocycles. The van der Waals surface area contributed by atoms with Crippen LogP contribution in [-0.4, -0.2) is 35.0 Å². The van der Waals surface area contributed by atoms with E-state index in [-0.39, 0.29) is 11.2 Å². The Morgan fingerprint density at radius 1 is 0.950 bits per heavy atom. The van der Waals surface area contributed by atoms with Crippen LogP contribution >= 0.6 is 0 Å². The highest BCUT2D eigenvalue weighted by atomic mass is 16.6. The molecule has 0 saturated carbocycles. The van der Waals surface area contributed by atoms with Crippen molar-refractivity contribution in [2.75, 3.05) is 13.2 Å². The molecule has 0 spiro atoms. The number of ether oxygens (including phenoxy) is 2. The molecule has 5 nitrogen and oxygen atoms in total. The second kappa shape index (κ2) is 8.14. The number of hydrogen-bond donors (Lipinski definition) is 3. The lowest BCUT2D eigenvalue weighted by molar-refractivity contribution is 0.244. The molecule has 0 aliphatic heterocycles. The van der Waals surface area contributed by atoms with Crippen LogP contribution in [0.25, 0.3) is 0 Å². The van der Waals surface area contributed by atoms with Gasteiger partial charge in [-0.2, -0.15) is 0 Å². The van der Waals surface area contributed by atoms with Crippen LogP contribution in [0.3, 0.4) is 0 Å². The quantitative estimate of drug-likeness (QED) is 0.468. The van der Waals surface area contributed by atoms with Crippen molar-refractivity contribution in [3.63, 3.8) is 0 Å². The molecule has 114 valence electrons. The molecule has 20 heavy (non-hydrogen) atoms. The van der Waals surface area contributed by atoms with E-state index in [2.05, 4.69) is 6.92 Å². The fourth-order valence-electron chi connectivity index (χ4n) is 1.71. The maximum Gasteiger partial charge on any atom is 0.406 e. The van der Waals surface area contributed by atoms with E-state index in [0.29, 0.717) is 19.0 Å². The van der Waals surface area contributed by atoms with Gasteiger partial charge in [-0.1, -0.05) is 32.2 Å². The van der Waals surface area contributed by atoms with E-state index in [4.69, 9.17) is 9.47 Å². The average Bonchev–Trinajstić information content (AvgIpc) is 2.39. The molecule has 0 aromatic heterocycles. The van der Waals surface area contributed by atoms with E-state index in [1.807, 2.05) is 6.92 Å². The summed E-state index contributed by atoms with van der Waals surface area (Å²) in [7, 11) is 0. The van der Waals surface area contributed by atoms with E-state index >= 15 is 0 Å². The summed E-state index contributed by atoms with van der Waals surface area (Å²) < 4.78 is 10.9. The lowest BCUT2D eigenvalue weighted by Crippen LogP contribution is -2.49. The average molecular weight is 283 g/mol. The molecule has 1 rings (SSSR count). The summed E-state index contributed by atoms with van der Waals surface area (Å²) in [6, 6.07) is 4.70. The smallest absolute Gasteiger partial charge is 0.406 e. The van der Waals surface area contributed by atoms with Crippen LogP contribution in [0.4, 0.5) is 0 Å². The predicted molar refractivity (Wildman–Crippen MR) is 79.3 cm³/mol. The van der Waals surface area contributed by atoms with Gasteiger partial charge in [-0.25, -0.2) is 0 Å². The first kappa shape index (κ1) is 16.8. The van der Waals surface area contributed by atoms with E-state index in [1.165, 1.54) is 6.07 Å². The van der Waals surface area contributed by atoms with Crippen molar-refractivity contribution in [1.82, 2.24) is 0 Å². The van der Waals surface area contributed by atoms with E-state index in [0.717, 1.165) is 25.7 Å². The predicted octanol–water partition coefficient (Wildman–Crippen LogP) is 1.17. The first-order chi connectivity index (χ1) is 9.49. The zero-order valence-corrected chi connectivity index (χ0v) is 12.2. The third-order valence-corrected chi connectivity index (χ3v) is 2.92. The Morgan fingerprint density at radius 3 is 2.10 bits per heavy atom. The Kier molecular flexibility index (Phi) is 6.85. The van der Waals surface area contributed by atoms with Crippen molar-refractivity contribution in [2.24, 2.45) is 0 Å². The topological polar surface area (TPSA) is 79.2 Å². The Balaban J connectivity index is 2.83. The van der Waals surface area contributed by atoms with E-state index in [1.54, 1.807) is 12.1 Å². The number of rotatable bonds is 9. The second-order valence-electron chi connectivity index (χ2n) is 4.84. The van der Waals surface area contributed by atoms with Gasteiger partial charge >= 0.3 is 6.75 Å². The number of unbranched alkanes of at least 4 members (excludes halogenated alkanes) is 2. The molecule has 0 bridgehead atoms. The zero-order chi connectivity index (χ0) is 15.0. The monoisotopic (exact) mass is 283 g/mol. The second-order valence-corrected chi connectivity index (χ2v) is 4.84. The van der Waals surface area contributed by atoms with Crippen molar-refractivity contribution in [3.05, 3.63) is 18.2 Å². The minimum Gasteiger partial charge on any atom is -0.556 e. The number of benzene rings is 1. The highest BCUT2D eigenvalue weighted by molar-refractivity contribution is 6.72. The van der Waals surface area contributed by atoms with Crippen LogP contribution in [-0.2, 0) is 0 Å². The summed E-state index contributed by atoms with van der Waals surface area (Å²) in [5.41, 5.74) is -0.0462. The summed E-state index contributed by atoms with van der Waals surface area (Å²) in [4.78, 5) is 0. The van der Waals surface area contributed by atoms with Gasteiger partial charge in [0.05, 0.1) is 19.0 Å². The molecular formula is C14H24BO5-. The molecule has 3 N–H and O–H groups in total. The van der Waals surface area contributed by atoms with Crippen molar-refractivity contribution < 1.29 is 24.5 Å². The van der Waals surface area contributed by atoms with Crippen molar-refractivity contribution in [2.45, 2.75) is 39.5 Å². The first-order valence-electron chi connectivity index (χ1n) is 7.20. The summed E-state index contributed by atoms with van der Waals surface area (Å²) in [5.74, 6) is 0.758. The fraction of sp³-hybridized carbons (Fsp3) is 0.571. The zero-order valence-electron chi connectivity index (χ0n) is 12.2. The van der Waals surface area contributed by atoms with Crippen LogP contribution in [0.2, 0.25) is 0 Å². The standard InChI is InChI=1S/C14H24BO5/c1-3-5-9-19-12-7-8-14(20-10-6-4-2)13(11-12)15(16,17)18/h7-8,11,16-18H,3-6,9-10H2,1-2H3/q-1. The summed E-state index contributed by atoms with van der Waals surface area (Å²) >= 11 is 0. The molecule has 1 aromatic carbocycles. The fourth-order valence-corrected chi connectivity index (χ4v) is 1.71. The van der Waals surface area contributed by atoms with Crippen molar-refractivity contribution in [3.8, 4) is 11.5 Å². The van der Waals surface area contributed by atoms with Crippen LogP contribution in [0, 0.1) is 0 Å². The SMILES string of the molecule is CCCCOc1ccc(OCCCC)c([B-](O)(O)O)c1. The van der Waals surface area contributed by atoms with Crippen molar-refractivity contribution >= 4 is 12.2 Å². The van der Waals surface area contributed by atoms with Gasteiger partial charge in [0, 0.05) is 0 Å². The van der Waals surface area contributed by atoms with Gasteiger partial charge in [0.15, 0.2) is 0 Å². The van der Waals surface area contributed by atoms with Gasteiger partial charge < -0.3 is 24.5 Å². The van der Waals surface area contributed by atoms with E-state index in [9.17, 15) is 15.1 Å². The Hall–Kier alpha value is -1.24. The van der Waals surface area contributed by atoms with Gasteiger partial charge in [-0.15, -0.1) is 0 Å². The largest absolute Gasteiger partial charge is 0.556 e. The van der Waals surface area contributed by atoms with Gasteiger partial charge in [0.25, 0.3) is 0 Å². The van der Waals surface area contributed by atoms with Gasteiger partial charge in [-0.3, -0.25) is 0 Å². The highest BCUT2D eigenvalue weighted by Crippen LogP contribution is 2.18. The minimum atomic E-state index is -3.61. The number of hydrogen-bond acceptors (Lipinski definition) is 5. The van der Waals surface area contributed by atoms with Crippen LogP contribution in [0.15, 0.2) is 18.2 Å². The molecule has 0 fully saturated rings. The molecule has 0 atom stereocenters. The molecular weight excluding hydrogens is 259 g/mol.